The molecule has 1 aromatic carbocycles. The molecule has 1 unspecified atom stereocenters. The molecule has 0 fully saturated rings. The average molecular weight is 274 g/mol. The first-order valence-corrected chi connectivity index (χ1v) is 7.33. The van der Waals surface area contributed by atoms with E-state index in [-0.39, 0.29) is 17.9 Å². The van der Waals surface area contributed by atoms with Gasteiger partial charge in [-0.05, 0) is 31.5 Å². The van der Waals surface area contributed by atoms with Crippen LogP contribution in [0, 0.1) is 0 Å². The Hall–Kier alpha value is -1.84. The lowest BCUT2D eigenvalue weighted by molar-refractivity contribution is 0.0588. The standard InChI is InChI=1S/C16H22N2O2/c1-3-4-5-6-7-11(2)18-15(19)13-9-8-12(17)10-14(13)16(18)20/h8-11H,3-7,17H2,1-2H3. The molecule has 1 aliphatic rings. The number of amides is 2. The van der Waals surface area contributed by atoms with Crippen molar-refractivity contribution in [1.29, 1.82) is 0 Å². The fourth-order valence-corrected chi connectivity index (χ4v) is 2.67. The lowest BCUT2D eigenvalue weighted by atomic mass is 10.1. The Morgan fingerprint density at radius 2 is 1.80 bits per heavy atom. The van der Waals surface area contributed by atoms with Crippen LogP contribution < -0.4 is 5.73 Å². The summed E-state index contributed by atoms with van der Waals surface area (Å²) < 4.78 is 0. The summed E-state index contributed by atoms with van der Waals surface area (Å²) in [5, 5.41) is 0. The molecule has 0 radical (unpaired) electrons. The van der Waals surface area contributed by atoms with Crippen LogP contribution in [0.25, 0.3) is 0 Å². The zero-order valence-corrected chi connectivity index (χ0v) is 12.2. The molecule has 0 saturated carbocycles. The normalized spacial score (nSPS) is 15.6. The van der Waals surface area contributed by atoms with E-state index in [1.165, 1.54) is 17.7 Å². The van der Waals surface area contributed by atoms with E-state index in [9.17, 15) is 9.59 Å². The van der Waals surface area contributed by atoms with Crippen molar-refractivity contribution in [3.63, 3.8) is 0 Å². The molecular formula is C16H22N2O2. The second kappa shape index (κ2) is 6.07. The largest absolute Gasteiger partial charge is 0.399 e. The quantitative estimate of drug-likeness (QED) is 0.492. The van der Waals surface area contributed by atoms with Gasteiger partial charge in [0.05, 0.1) is 11.1 Å². The van der Waals surface area contributed by atoms with Crippen molar-refractivity contribution < 1.29 is 9.59 Å². The first-order valence-electron chi connectivity index (χ1n) is 7.33. The van der Waals surface area contributed by atoms with Gasteiger partial charge in [0.15, 0.2) is 0 Å². The molecule has 1 heterocycles. The lowest BCUT2D eigenvalue weighted by Gasteiger charge is -2.22. The van der Waals surface area contributed by atoms with Gasteiger partial charge < -0.3 is 5.73 Å². The van der Waals surface area contributed by atoms with Crippen LogP contribution >= 0.6 is 0 Å². The topological polar surface area (TPSA) is 63.4 Å². The monoisotopic (exact) mass is 274 g/mol. The molecule has 108 valence electrons. The molecule has 0 bridgehead atoms. The van der Waals surface area contributed by atoms with E-state index in [1.807, 2.05) is 6.92 Å². The summed E-state index contributed by atoms with van der Waals surface area (Å²) in [6.45, 7) is 4.11. The highest BCUT2D eigenvalue weighted by atomic mass is 16.2. The molecule has 2 N–H and O–H groups in total. The fourth-order valence-electron chi connectivity index (χ4n) is 2.67. The van der Waals surface area contributed by atoms with Crippen LogP contribution in [0.2, 0.25) is 0 Å². The lowest BCUT2D eigenvalue weighted by Crippen LogP contribution is -2.37. The van der Waals surface area contributed by atoms with Crippen LogP contribution in [0.1, 0.15) is 66.7 Å². The molecule has 0 aliphatic carbocycles. The SMILES string of the molecule is CCCCCCC(C)N1C(=O)c2ccc(N)cc2C1=O. The maximum absolute atomic E-state index is 12.3. The number of fused-ring (bicyclic) bond motifs is 1. The molecule has 2 rings (SSSR count). The van der Waals surface area contributed by atoms with Gasteiger partial charge in [0.25, 0.3) is 11.8 Å². The number of nitrogens with two attached hydrogens (primary N) is 1. The molecule has 1 atom stereocenters. The molecule has 20 heavy (non-hydrogen) atoms. The van der Waals surface area contributed by atoms with E-state index in [2.05, 4.69) is 6.92 Å². The number of imide groups is 1. The molecule has 0 spiro atoms. The van der Waals surface area contributed by atoms with Crippen molar-refractivity contribution in [2.24, 2.45) is 0 Å². The van der Waals surface area contributed by atoms with E-state index in [0.29, 0.717) is 16.8 Å². The predicted octanol–water partition coefficient (Wildman–Crippen LogP) is 3.22. The Morgan fingerprint density at radius 3 is 2.50 bits per heavy atom. The van der Waals surface area contributed by atoms with Gasteiger partial charge in [0.2, 0.25) is 0 Å². The van der Waals surface area contributed by atoms with Crippen LogP contribution in [0.4, 0.5) is 5.69 Å². The molecule has 1 aromatic rings. The minimum Gasteiger partial charge on any atom is -0.399 e. The van der Waals surface area contributed by atoms with Crippen LogP contribution in [0.15, 0.2) is 18.2 Å². The minimum absolute atomic E-state index is 0.0551. The van der Waals surface area contributed by atoms with E-state index in [0.717, 1.165) is 19.3 Å². The van der Waals surface area contributed by atoms with Gasteiger partial charge in [0, 0.05) is 11.7 Å². The van der Waals surface area contributed by atoms with Crippen LogP contribution in [0.5, 0.6) is 0 Å². The van der Waals surface area contributed by atoms with Crippen molar-refractivity contribution in [2.45, 2.75) is 52.0 Å². The van der Waals surface area contributed by atoms with E-state index < -0.39 is 0 Å². The van der Waals surface area contributed by atoms with Crippen molar-refractivity contribution in [1.82, 2.24) is 4.90 Å². The van der Waals surface area contributed by atoms with Gasteiger partial charge >= 0.3 is 0 Å². The number of anilines is 1. The zero-order chi connectivity index (χ0) is 14.7. The summed E-state index contributed by atoms with van der Waals surface area (Å²) >= 11 is 0. The zero-order valence-electron chi connectivity index (χ0n) is 12.2. The first kappa shape index (κ1) is 14.6. The highest BCUT2D eigenvalue weighted by molar-refractivity contribution is 6.21. The summed E-state index contributed by atoms with van der Waals surface area (Å²) in [5.74, 6) is -0.395. The highest BCUT2D eigenvalue weighted by Crippen LogP contribution is 2.27. The van der Waals surface area contributed by atoms with E-state index in [1.54, 1.807) is 18.2 Å². The summed E-state index contributed by atoms with van der Waals surface area (Å²) in [6, 6.07) is 4.86. The number of nitrogens with zero attached hydrogens (tertiary/aromatic N) is 1. The third-order valence-corrected chi connectivity index (χ3v) is 3.86. The molecule has 0 saturated heterocycles. The van der Waals surface area contributed by atoms with Crippen LogP contribution in [-0.4, -0.2) is 22.8 Å². The number of unbranched alkanes of at least 4 members (excludes halogenated alkanes) is 3. The Labute approximate surface area is 119 Å². The number of benzene rings is 1. The number of carbonyl (C=O) groups excluding carboxylic acids is 2. The summed E-state index contributed by atoms with van der Waals surface area (Å²) in [4.78, 5) is 26.0. The second-order valence-electron chi connectivity index (χ2n) is 5.48. The van der Waals surface area contributed by atoms with Crippen LogP contribution in [-0.2, 0) is 0 Å². The maximum atomic E-state index is 12.3. The number of hydrogen-bond donors (Lipinski definition) is 1. The second-order valence-corrected chi connectivity index (χ2v) is 5.48. The number of nitrogen functional groups attached to an aromatic ring is 1. The van der Waals surface area contributed by atoms with Crippen molar-refractivity contribution in [2.75, 3.05) is 5.73 Å². The summed E-state index contributed by atoms with van der Waals surface area (Å²) in [7, 11) is 0. The fraction of sp³-hybridized carbons (Fsp3) is 0.500. The van der Waals surface area contributed by atoms with Gasteiger partial charge in [-0.1, -0.05) is 32.6 Å². The van der Waals surface area contributed by atoms with Gasteiger partial charge in [0.1, 0.15) is 0 Å². The van der Waals surface area contributed by atoms with Gasteiger partial charge in [-0.25, -0.2) is 0 Å². The van der Waals surface area contributed by atoms with Crippen molar-refractivity contribution in [3.8, 4) is 0 Å². The van der Waals surface area contributed by atoms with E-state index in [4.69, 9.17) is 5.73 Å². The Bertz CT molecular complexity index is 525. The van der Waals surface area contributed by atoms with Crippen molar-refractivity contribution >= 4 is 17.5 Å². The molecule has 4 heteroatoms. The van der Waals surface area contributed by atoms with Gasteiger partial charge in [-0.2, -0.15) is 0 Å². The molecular weight excluding hydrogens is 252 g/mol. The average Bonchev–Trinajstić information content (AvgIpc) is 2.66. The number of carbonyl (C=O) groups is 2. The predicted molar refractivity (Wildman–Crippen MR) is 79.6 cm³/mol. The Balaban J connectivity index is 2.08. The van der Waals surface area contributed by atoms with Gasteiger partial charge in [-0.15, -0.1) is 0 Å². The minimum atomic E-state index is -0.208. The number of hydrogen-bond acceptors (Lipinski definition) is 3. The number of rotatable bonds is 6. The summed E-state index contributed by atoms with van der Waals surface area (Å²) in [6.07, 6.45) is 5.44. The third-order valence-electron chi connectivity index (χ3n) is 3.86. The maximum Gasteiger partial charge on any atom is 0.261 e. The Morgan fingerprint density at radius 1 is 1.10 bits per heavy atom. The van der Waals surface area contributed by atoms with Gasteiger partial charge in [-0.3, -0.25) is 14.5 Å². The van der Waals surface area contributed by atoms with Crippen molar-refractivity contribution in [3.05, 3.63) is 29.3 Å². The van der Waals surface area contributed by atoms with E-state index >= 15 is 0 Å². The third kappa shape index (κ3) is 2.69. The van der Waals surface area contributed by atoms with Crippen LogP contribution in [0.3, 0.4) is 0 Å². The molecule has 4 nitrogen and oxygen atoms in total. The molecule has 1 aliphatic heterocycles. The highest BCUT2D eigenvalue weighted by Gasteiger charge is 2.38. The molecule has 0 aromatic heterocycles. The first-order chi connectivity index (χ1) is 9.56. The molecule has 2 amide bonds. The Kier molecular flexibility index (Phi) is 4.42. The smallest absolute Gasteiger partial charge is 0.261 e. The summed E-state index contributed by atoms with van der Waals surface area (Å²) in [5.41, 5.74) is 7.12.